The summed E-state index contributed by atoms with van der Waals surface area (Å²) in [7, 11) is 0. The molecular weight excluding hydrogens is 368 g/mol. The van der Waals surface area contributed by atoms with Crippen LogP contribution in [0, 0.1) is 5.92 Å². The molecule has 3 rings (SSSR count). The van der Waals surface area contributed by atoms with Crippen LogP contribution in [0.1, 0.15) is 54.9 Å². The normalized spacial score (nSPS) is 13.7. The molecule has 0 aromatic heterocycles. The van der Waals surface area contributed by atoms with Gasteiger partial charge in [0.15, 0.2) is 0 Å². The predicted octanol–water partition coefficient (Wildman–Crippen LogP) is 4.01. The maximum absolute atomic E-state index is 12.2. The van der Waals surface area contributed by atoms with Gasteiger partial charge in [0.1, 0.15) is 18.1 Å². The predicted molar refractivity (Wildman–Crippen MR) is 111 cm³/mol. The van der Waals surface area contributed by atoms with Gasteiger partial charge in [-0.1, -0.05) is 25.0 Å². The molecule has 2 amide bonds. The van der Waals surface area contributed by atoms with Gasteiger partial charge in [-0.15, -0.1) is 0 Å². The van der Waals surface area contributed by atoms with E-state index >= 15 is 0 Å². The number of rotatable bonds is 8. The van der Waals surface area contributed by atoms with Crippen molar-refractivity contribution < 1.29 is 19.1 Å². The summed E-state index contributed by atoms with van der Waals surface area (Å²) in [5.41, 5.74) is 6.42. The Kier molecular flexibility index (Phi) is 7.50. The van der Waals surface area contributed by atoms with E-state index in [2.05, 4.69) is 10.9 Å². The van der Waals surface area contributed by atoms with Crippen molar-refractivity contribution in [1.82, 2.24) is 10.9 Å². The maximum atomic E-state index is 12.2. The molecule has 0 radical (unpaired) electrons. The van der Waals surface area contributed by atoms with E-state index in [1.165, 1.54) is 12.8 Å². The molecule has 6 heteroatoms. The highest BCUT2D eigenvalue weighted by Crippen LogP contribution is 2.27. The van der Waals surface area contributed by atoms with Crippen LogP contribution < -0.4 is 20.3 Å². The number of hydrazine groups is 1. The highest BCUT2D eigenvalue weighted by atomic mass is 16.5. The first kappa shape index (κ1) is 20.7. The molecule has 2 aromatic carbocycles. The molecule has 0 heterocycles. The lowest BCUT2D eigenvalue weighted by molar-refractivity contribution is -0.122. The van der Waals surface area contributed by atoms with Crippen LogP contribution in [0.2, 0.25) is 0 Å². The van der Waals surface area contributed by atoms with E-state index in [1.54, 1.807) is 12.1 Å². The fraction of sp³-hybridized carbons (Fsp3) is 0.391. The minimum atomic E-state index is -0.330. The van der Waals surface area contributed by atoms with Crippen LogP contribution in [0.5, 0.6) is 11.5 Å². The van der Waals surface area contributed by atoms with Gasteiger partial charge in [0.25, 0.3) is 5.91 Å². The topological polar surface area (TPSA) is 76.7 Å². The second-order valence-electron chi connectivity index (χ2n) is 7.25. The second kappa shape index (κ2) is 10.5. The Balaban J connectivity index is 1.42. The van der Waals surface area contributed by atoms with E-state index in [0.717, 1.165) is 29.9 Å². The van der Waals surface area contributed by atoms with E-state index in [4.69, 9.17) is 9.47 Å². The number of ether oxygens (including phenoxy) is 2. The first-order valence-corrected chi connectivity index (χ1v) is 10.2. The molecule has 0 bridgehead atoms. The molecule has 0 saturated heterocycles. The fourth-order valence-electron chi connectivity index (χ4n) is 3.44. The third-order valence-corrected chi connectivity index (χ3v) is 5.02. The molecule has 0 spiro atoms. The van der Waals surface area contributed by atoms with Gasteiger partial charge in [0.05, 0.1) is 6.61 Å². The van der Waals surface area contributed by atoms with Crippen molar-refractivity contribution >= 4 is 11.8 Å². The van der Waals surface area contributed by atoms with E-state index in [1.807, 2.05) is 43.3 Å². The van der Waals surface area contributed by atoms with Gasteiger partial charge in [-0.2, -0.15) is 0 Å². The Hall–Kier alpha value is -3.02. The molecular formula is C23H28N2O4. The Morgan fingerprint density at radius 1 is 0.897 bits per heavy atom. The smallest absolute Gasteiger partial charge is 0.269 e. The van der Waals surface area contributed by atoms with Crippen molar-refractivity contribution in [3.05, 3.63) is 59.7 Å². The largest absolute Gasteiger partial charge is 0.494 e. The minimum absolute atomic E-state index is 0.134. The summed E-state index contributed by atoms with van der Waals surface area (Å²) >= 11 is 0. The van der Waals surface area contributed by atoms with Gasteiger partial charge in [0.2, 0.25) is 5.91 Å². The van der Waals surface area contributed by atoms with Gasteiger partial charge >= 0.3 is 0 Å². The summed E-state index contributed by atoms with van der Waals surface area (Å²) < 4.78 is 11.2. The van der Waals surface area contributed by atoms with Gasteiger partial charge in [0, 0.05) is 12.0 Å². The van der Waals surface area contributed by atoms with Crippen molar-refractivity contribution in [2.75, 3.05) is 6.61 Å². The molecule has 2 N–H and O–H groups in total. The molecule has 29 heavy (non-hydrogen) atoms. The average Bonchev–Trinajstić information content (AvgIpc) is 3.25. The van der Waals surface area contributed by atoms with Crippen molar-refractivity contribution in [1.29, 1.82) is 0 Å². The number of carbonyl (C=O) groups excluding carboxylic acids is 2. The molecule has 6 nitrogen and oxygen atoms in total. The first-order chi connectivity index (χ1) is 14.1. The van der Waals surface area contributed by atoms with Crippen LogP contribution in [-0.4, -0.2) is 18.4 Å². The fourth-order valence-corrected chi connectivity index (χ4v) is 3.44. The third kappa shape index (κ3) is 6.52. The van der Waals surface area contributed by atoms with Crippen LogP contribution in [-0.2, 0) is 11.4 Å². The van der Waals surface area contributed by atoms with Crippen molar-refractivity contribution in [2.45, 2.75) is 45.6 Å². The third-order valence-electron chi connectivity index (χ3n) is 5.02. The standard InChI is InChI=1S/C23H28N2O4/c1-2-28-20-11-13-21(14-12-20)29-16-18-7-9-19(10-8-18)23(27)25-24-22(26)15-17-5-3-4-6-17/h7-14,17H,2-6,15-16H2,1H3,(H,24,26)(H,25,27). The highest BCUT2D eigenvalue weighted by molar-refractivity contribution is 5.95. The molecule has 154 valence electrons. The second-order valence-corrected chi connectivity index (χ2v) is 7.25. The minimum Gasteiger partial charge on any atom is -0.494 e. The lowest BCUT2D eigenvalue weighted by Crippen LogP contribution is -2.42. The van der Waals surface area contributed by atoms with Crippen LogP contribution in [0.25, 0.3) is 0 Å². The summed E-state index contributed by atoms with van der Waals surface area (Å²) in [4.78, 5) is 24.1. The van der Waals surface area contributed by atoms with Crippen molar-refractivity contribution in [3.63, 3.8) is 0 Å². The summed E-state index contributed by atoms with van der Waals surface area (Å²) in [5, 5.41) is 0. The summed E-state index contributed by atoms with van der Waals surface area (Å²) in [6.45, 7) is 2.97. The van der Waals surface area contributed by atoms with E-state index in [0.29, 0.717) is 31.1 Å². The lowest BCUT2D eigenvalue weighted by atomic mass is 10.0. The first-order valence-electron chi connectivity index (χ1n) is 10.2. The number of carbonyl (C=O) groups is 2. The van der Waals surface area contributed by atoms with Gasteiger partial charge in [-0.05, 0) is 67.6 Å². The number of hydrogen-bond acceptors (Lipinski definition) is 4. The molecule has 0 aliphatic heterocycles. The monoisotopic (exact) mass is 396 g/mol. The quantitative estimate of drug-likeness (QED) is 0.661. The van der Waals surface area contributed by atoms with Gasteiger partial charge < -0.3 is 9.47 Å². The Morgan fingerprint density at radius 2 is 1.52 bits per heavy atom. The molecule has 1 aliphatic rings. The summed E-state index contributed by atoms with van der Waals surface area (Å²) in [6, 6.07) is 14.6. The van der Waals surface area contributed by atoms with E-state index in [9.17, 15) is 9.59 Å². The summed E-state index contributed by atoms with van der Waals surface area (Å²) in [6.07, 6.45) is 5.06. The molecule has 1 saturated carbocycles. The van der Waals surface area contributed by atoms with E-state index < -0.39 is 0 Å². The summed E-state index contributed by atoms with van der Waals surface area (Å²) in [5.74, 6) is 1.54. The van der Waals surface area contributed by atoms with Gasteiger partial charge in [-0.25, -0.2) is 0 Å². The molecule has 2 aromatic rings. The van der Waals surface area contributed by atoms with Crippen LogP contribution in [0.3, 0.4) is 0 Å². The Morgan fingerprint density at radius 3 is 2.14 bits per heavy atom. The number of benzene rings is 2. The molecule has 1 aliphatic carbocycles. The average molecular weight is 396 g/mol. The van der Waals surface area contributed by atoms with Crippen molar-refractivity contribution in [3.8, 4) is 11.5 Å². The van der Waals surface area contributed by atoms with Crippen LogP contribution in [0.15, 0.2) is 48.5 Å². The zero-order valence-electron chi connectivity index (χ0n) is 16.8. The number of nitrogens with one attached hydrogen (secondary N) is 2. The molecule has 1 fully saturated rings. The SMILES string of the molecule is CCOc1ccc(OCc2ccc(C(=O)NNC(=O)CC3CCCC3)cc2)cc1. The number of hydrogen-bond donors (Lipinski definition) is 2. The molecule has 0 atom stereocenters. The lowest BCUT2D eigenvalue weighted by Gasteiger charge is -2.11. The van der Waals surface area contributed by atoms with Crippen LogP contribution in [0.4, 0.5) is 0 Å². The highest BCUT2D eigenvalue weighted by Gasteiger charge is 2.18. The maximum Gasteiger partial charge on any atom is 0.269 e. The van der Waals surface area contributed by atoms with Crippen molar-refractivity contribution in [2.24, 2.45) is 5.92 Å². The van der Waals surface area contributed by atoms with E-state index in [-0.39, 0.29) is 11.8 Å². The molecule has 0 unspecified atom stereocenters. The zero-order chi connectivity index (χ0) is 20.5. The Bertz CT molecular complexity index is 797. The van der Waals surface area contributed by atoms with Gasteiger partial charge in [-0.3, -0.25) is 20.4 Å². The zero-order valence-corrected chi connectivity index (χ0v) is 16.8. The number of amides is 2. The van der Waals surface area contributed by atoms with Crippen LogP contribution >= 0.6 is 0 Å². The Labute approximate surface area is 171 Å².